The summed E-state index contributed by atoms with van der Waals surface area (Å²) in [6, 6.07) is 0. The molecule has 6 heteroatoms. The molecule has 0 radical (unpaired) electrons. The quantitative estimate of drug-likeness (QED) is 0.282. The first-order valence-corrected chi connectivity index (χ1v) is 8.34. The molecule has 0 rings (SSSR count). The third-order valence-corrected chi connectivity index (χ3v) is 4.58. The van der Waals surface area contributed by atoms with Gasteiger partial charge in [-0.05, 0) is 59.8 Å². The lowest BCUT2D eigenvalue weighted by molar-refractivity contribution is 0.296. The molecule has 23 heavy (non-hydrogen) atoms. The van der Waals surface area contributed by atoms with Crippen molar-refractivity contribution in [3.8, 4) is 0 Å². The molecule has 0 spiro atoms. The Hall–Kier alpha value is -1.14. The van der Waals surface area contributed by atoms with Crippen molar-refractivity contribution in [1.82, 2.24) is 10.6 Å². The molecule has 136 valence electrons. The summed E-state index contributed by atoms with van der Waals surface area (Å²) in [7, 11) is 0. The highest BCUT2D eigenvalue weighted by Gasteiger charge is 2.26. The molecule has 0 aromatic heterocycles. The fourth-order valence-corrected chi connectivity index (χ4v) is 2.21. The van der Waals surface area contributed by atoms with Crippen molar-refractivity contribution in [2.45, 2.75) is 72.9 Å². The lowest BCUT2D eigenvalue weighted by Crippen LogP contribution is -2.51. The molecule has 6 nitrogen and oxygen atoms in total. The monoisotopic (exact) mass is 328 g/mol. The highest BCUT2D eigenvalue weighted by Crippen LogP contribution is 2.15. The van der Waals surface area contributed by atoms with E-state index in [1.165, 1.54) is 0 Å². The van der Waals surface area contributed by atoms with Gasteiger partial charge in [-0.3, -0.25) is 0 Å². The van der Waals surface area contributed by atoms with Gasteiger partial charge in [-0.2, -0.15) is 0 Å². The van der Waals surface area contributed by atoms with Gasteiger partial charge >= 0.3 is 0 Å². The number of nitrogens with zero attached hydrogens (tertiary/aromatic N) is 2. The van der Waals surface area contributed by atoms with Gasteiger partial charge in [-0.1, -0.05) is 24.2 Å². The molecule has 0 unspecified atom stereocenters. The number of oxime groups is 2. The Labute approximate surface area is 141 Å². The smallest absolute Gasteiger partial charge is 0.0734 e. The van der Waals surface area contributed by atoms with E-state index < -0.39 is 0 Å². The zero-order valence-electron chi connectivity index (χ0n) is 16.1. The zero-order chi connectivity index (χ0) is 18.3. The fraction of sp³-hybridized carbons (Fsp3) is 0.882. The van der Waals surface area contributed by atoms with E-state index in [0.717, 1.165) is 19.5 Å². The minimum absolute atomic E-state index is 0.345. The van der Waals surface area contributed by atoms with E-state index in [9.17, 15) is 0 Å². The Morgan fingerprint density at radius 3 is 1.48 bits per heavy atom. The van der Waals surface area contributed by atoms with Crippen molar-refractivity contribution in [3.63, 3.8) is 0 Å². The Morgan fingerprint density at radius 2 is 1.22 bits per heavy atom. The summed E-state index contributed by atoms with van der Waals surface area (Å²) in [5, 5.41) is 31.6. The van der Waals surface area contributed by atoms with Crippen molar-refractivity contribution >= 4 is 11.4 Å². The normalized spacial score (nSPS) is 16.0. The largest absolute Gasteiger partial charge is 0.411 e. The highest BCUT2D eigenvalue weighted by atomic mass is 16.4. The maximum Gasteiger partial charge on any atom is 0.0734 e. The van der Waals surface area contributed by atoms with Gasteiger partial charge in [0.1, 0.15) is 0 Å². The Morgan fingerprint density at radius 1 is 0.870 bits per heavy atom. The number of nitrogens with one attached hydrogen (secondary N) is 2. The third-order valence-electron chi connectivity index (χ3n) is 4.58. The SMILES string of the molecule is C/C(=N\O)C(C)(C)NCC(CNC(C)(C)/C(C)=N/O)CC(C)C. The van der Waals surface area contributed by atoms with Gasteiger partial charge in [0.2, 0.25) is 0 Å². The van der Waals surface area contributed by atoms with Crippen LogP contribution in [0.5, 0.6) is 0 Å². The van der Waals surface area contributed by atoms with Crippen LogP contribution in [-0.4, -0.2) is 46.0 Å². The molecule has 0 aromatic carbocycles. The summed E-state index contributed by atoms with van der Waals surface area (Å²) in [5.74, 6) is 1.02. The number of rotatable bonds is 10. The van der Waals surface area contributed by atoms with Crippen molar-refractivity contribution in [2.75, 3.05) is 13.1 Å². The van der Waals surface area contributed by atoms with E-state index in [0.29, 0.717) is 23.3 Å². The van der Waals surface area contributed by atoms with Gasteiger partial charge < -0.3 is 21.0 Å². The maximum atomic E-state index is 8.98. The average Bonchev–Trinajstić information content (AvgIpc) is 2.47. The van der Waals surface area contributed by atoms with Crippen molar-refractivity contribution in [2.24, 2.45) is 22.1 Å². The van der Waals surface area contributed by atoms with E-state index in [4.69, 9.17) is 10.4 Å². The zero-order valence-corrected chi connectivity index (χ0v) is 16.1. The van der Waals surface area contributed by atoms with Crippen LogP contribution in [0.15, 0.2) is 10.3 Å². The Kier molecular flexibility index (Phi) is 8.77. The van der Waals surface area contributed by atoms with Gasteiger partial charge in [0.05, 0.1) is 22.5 Å². The molecule has 0 aliphatic carbocycles. The van der Waals surface area contributed by atoms with Gasteiger partial charge in [0.25, 0.3) is 0 Å². The summed E-state index contributed by atoms with van der Waals surface area (Å²) in [5.41, 5.74) is 0.638. The lowest BCUT2D eigenvalue weighted by Gasteiger charge is -2.32. The van der Waals surface area contributed by atoms with Crippen LogP contribution in [0.3, 0.4) is 0 Å². The van der Waals surface area contributed by atoms with Gasteiger partial charge in [-0.15, -0.1) is 0 Å². The molecule has 0 aliphatic heterocycles. The van der Waals surface area contributed by atoms with Crippen LogP contribution in [-0.2, 0) is 0 Å². The van der Waals surface area contributed by atoms with Crippen LogP contribution >= 0.6 is 0 Å². The summed E-state index contributed by atoms with van der Waals surface area (Å²) in [6.45, 7) is 17.7. The van der Waals surface area contributed by atoms with Gasteiger partial charge in [0, 0.05) is 13.1 Å². The molecular formula is C17H36N4O2. The molecule has 0 heterocycles. The Bertz CT molecular complexity index is 381. The number of hydrogen-bond acceptors (Lipinski definition) is 6. The predicted molar refractivity (Wildman–Crippen MR) is 96.9 cm³/mol. The summed E-state index contributed by atoms with van der Waals surface area (Å²) < 4.78 is 0. The van der Waals surface area contributed by atoms with Crippen LogP contribution in [0.2, 0.25) is 0 Å². The molecule has 4 N–H and O–H groups in total. The second-order valence-corrected chi connectivity index (χ2v) is 7.88. The van der Waals surface area contributed by atoms with Crippen LogP contribution in [0, 0.1) is 11.8 Å². The van der Waals surface area contributed by atoms with Crippen LogP contribution < -0.4 is 10.6 Å². The minimum atomic E-state index is -0.345. The van der Waals surface area contributed by atoms with Gasteiger partial charge in [-0.25, -0.2) is 0 Å². The second kappa shape index (κ2) is 9.23. The van der Waals surface area contributed by atoms with E-state index in [2.05, 4.69) is 34.8 Å². The predicted octanol–water partition coefficient (Wildman–Crippen LogP) is 3.09. The van der Waals surface area contributed by atoms with Crippen molar-refractivity contribution in [3.05, 3.63) is 0 Å². The van der Waals surface area contributed by atoms with Crippen molar-refractivity contribution in [1.29, 1.82) is 0 Å². The first-order valence-electron chi connectivity index (χ1n) is 8.34. The lowest BCUT2D eigenvalue weighted by atomic mass is 9.92. The molecule has 0 amide bonds. The topological polar surface area (TPSA) is 89.2 Å². The van der Waals surface area contributed by atoms with Gasteiger partial charge in [0.15, 0.2) is 0 Å². The van der Waals surface area contributed by atoms with E-state index in [-0.39, 0.29) is 11.1 Å². The molecular weight excluding hydrogens is 292 g/mol. The van der Waals surface area contributed by atoms with Crippen LogP contribution in [0.1, 0.15) is 61.8 Å². The molecule has 0 fully saturated rings. The molecule has 0 atom stereocenters. The molecule has 0 saturated carbocycles. The highest BCUT2D eigenvalue weighted by molar-refractivity contribution is 5.90. The number of hydrogen-bond donors (Lipinski definition) is 4. The third kappa shape index (κ3) is 7.79. The summed E-state index contributed by atoms with van der Waals surface area (Å²) in [4.78, 5) is 0. The molecule has 0 aromatic rings. The average molecular weight is 329 g/mol. The summed E-state index contributed by atoms with van der Waals surface area (Å²) >= 11 is 0. The van der Waals surface area contributed by atoms with Crippen LogP contribution in [0.25, 0.3) is 0 Å². The van der Waals surface area contributed by atoms with Crippen molar-refractivity contribution < 1.29 is 10.4 Å². The summed E-state index contributed by atoms with van der Waals surface area (Å²) in [6.07, 6.45) is 1.08. The molecule has 0 bridgehead atoms. The van der Waals surface area contributed by atoms with E-state index >= 15 is 0 Å². The minimum Gasteiger partial charge on any atom is -0.411 e. The maximum absolute atomic E-state index is 8.98. The fourth-order valence-electron chi connectivity index (χ4n) is 2.21. The standard InChI is InChI=1S/C17H36N4O2/c1-12(2)9-15(10-18-16(5,6)13(3)20-22)11-19-17(7,8)14(4)21-23/h12,15,18-19,22-23H,9-11H2,1-8H3/b20-13+,21-14+. The second-order valence-electron chi connectivity index (χ2n) is 7.88. The Balaban J connectivity index is 4.78. The van der Waals surface area contributed by atoms with E-state index in [1.54, 1.807) is 0 Å². The first-order chi connectivity index (χ1) is 10.5. The molecule has 0 aliphatic rings. The molecule has 0 saturated heterocycles. The van der Waals surface area contributed by atoms with E-state index in [1.807, 2.05) is 41.5 Å². The first kappa shape index (κ1) is 21.9. The van der Waals surface area contributed by atoms with Crippen LogP contribution in [0.4, 0.5) is 0 Å².